The molecule has 20 heavy (non-hydrogen) atoms. The third-order valence-electron chi connectivity index (χ3n) is 2.50. The van der Waals surface area contributed by atoms with E-state index in [-0.39, 0.29) is 28.6 Å². The second kappa shape index (κ2) is 5.41. The van der Waals surface area contributed by atoms with Gasteiger partial charge in [0.1, 0.15) is 0 Å². The molecular weight excluding hydrogens is 333 g/mol. The molecule has 104 valence electrons. The van der Waals surface area contributed by atoms with Gasteiger partial charge in [0.05, 0.1) is 16.7 Å². The Morgan fingerprint density at radius 1 is 1.45 bits per heavy atom. The Balaban J connectivity index is 2.39. The number of hydrogen-bond donors (Lipinski definition) is 1. The first-order valence-electron chi connectivity index (χ1n) is 5.42. The van der Waals surface area contributed by atoms with Crippen molar-refractivity contribution in [3.8, 4) is 11.6 Å². The van der Waals surface area contributed by atoms with Gasteiger partial charge in [0.2, 0.25) is 5.88 Å². The lowest BCUT2D eigenvalue weighted by molar-refractivity contribution is -0.385. The van der Waals surface area contributed by atoms with Crippen molar-refractivity contribution >= 4 is 27.3 Å². The van der Waals surface area contributed by atoms with Crippen LogP contribution < -0.4 is 10.5 Å². The van der Waals surface area contributed by atoms with E-state index in [1.165, 1.54) is 19.2 Å². The Bertz CT molecular complexity index is 694. The summed E-state index contributed by atoms with van der Waals surface area (Å²) >= 11 is 3.19. The highest BCUT2D eigenvalue weighted by molar-refractivity contribution is 9.10. The zero-order valence-corrected chi connectivity index (χ0v) is 11.8. The number of anilines is 1. The van der Waals surface area contributed by atoms with Crippen LogP contribution in [0.25, 0.3) is 0 Å². The van der Waals surface area contributed by atoms with Crippen molar-refractivity contribution in [2.45, 2.75) is 6.92 Å². The summed E-state index contributed by atoms with van der Waals surface area (Å²) in [6, 6.07) is 3.59. The van der Waals surface area contributed by atoms with Gasteiger partial charge in [-0.25, -0.2) is 9.37 Å². The van der Waals surface area contributed by atoms with Crippen LogP contribution in [0.3, 0.4) is 0 Å². The van der Waals surface area contributed by atoms with Crippen molar-refractivity contribution in [2.24, 2.45) is 0 Å². The second-order valence-corrected chi connectivity index (χ2v) is 4.89. The molecule has 1 heterocycles. The number of benzene rings is 1. The predicted octanol–water partition coefficient (Wildman–Crippen LogP) is 3.57. The number of hydrogen-bond acceptors (Lipinski definition) is 5. The molecule has 6 nitrogen and oxygen atoms in total. The average molecular weight is 342 g/mol. The fourth-order valence-electron chi connectivity index (χ4n) is 1.55. The first-order valence-corrected chi connectivity index (χ1v) is 6.21. The molecule has 1 aromatic heterocycles. The Morgan fingerprint density at radius 2 is 2.15 bits per heavy atom. The number of ether oxygens (including phenoxy) is 1. The first kappa shape index (κ1) is 14.2. The van der Waals surface area contributed by atoms with Gasteiger partial charge in [0.25, 0.3) is 5.69 Å². The number of rotatable bonds is 3. The highest BCUT2D eigenvalue weighted by Crippen LogP contribution is 2.32. The van der Waals surface area contributed by atoms with Gasteiger partial charge in [-0.3, -0.25) is 10.1 Å². The number of aryl methyl sites for hydroxylation is 1. The summed E-state index contributed by atoms with van der Waals surface area (Å²) < 4.78 is 19.7. The Hall–Kier alpha value is -2.22. The molecule has 0 radical (unpaired) electrons. The smallest absolute Gasteiger partial charge is 0.275 e. The minimum Gasteiger partial charge on any atom is -0.434 e. The maximum Gasteiger partial charge on any atom is 0.275 e. The summed E-state index contributed by atoms with van der Waals surface area (Å²) in [7, 11) is 0. The van der Waals surface area contributed by atoms with Crippen LogP contribution in [0.1, 0.15) is 5.56 Å². The zero-order chi connectivity index (χ0) is 14.9. The number of nitro benzene ring substituents is 1. The van der Waals surface area contributed by atoms with Crippen molar-refractivity contribution in [2.75, 3.05) is 5.73 Å². The van der Waals surface area contributed by atoms with Crippen molar-refractivity contribution in [1.29, 1.82) is 0 Å². The lowest BCUT2D eigenvalue weighted by atomic mass is 10.2. The molecule has 0 aliphatic heterocycles. The van der Waals surface area contributed by atoms with Crippen LogP contribution in [0.15, 0.2) is 28.9 Å². The molecule has 0 unspecified atom stereocenters. The Morgan fingerprint density at radius 3 is 2.75 bits per heavy atom. The number of nitrogen functional groups attached to an aromatic ring is 1. The normalized spacial score (nSPS) is 10.3. The molecule has 2 aromatic rings. The van der Waals surface area contributed by atoms with Crippen molar-refractivity contribution < 1.29 is 14.1 Å². The van der Waals surface area contributed by atoms with E-state index < -0.39 is 10.7 Å². The third kappa shape index (κ3) is 2.85. The molecular formula is C12H9BrFN3O3. The first-order chi connectivity index (χ1) is 9.38. The van der Waals surface area contributed by atoms with E-state index in [2.05, 4.69) is 20.9 Å². The van der Waals surface area contributed by atoms with E-state index in [4.69, 9.17) is 10.5 Å². The highest BCUT2D eigenvalue weighted by atomic mass is 79.9. The van der Waals surface area contributed by atoms with E-state index in [0.717, 1.165) is 6.07 Å². The number of nitrogens with two attached hydrogens (primary N) is 1. The van der Waals surface area contributed by atoms with Crippen LogP contribution in [0.2, 0.25) is 0 Å². The maximum atomic E-state index is 13.8. The fraction of sp³-hybridized carbons (Fsp3) is 0.0833. The molecule has 8 heteroatoms. The molecule has 2 rings (SSSR count). The molecule has 0 saturated heterocycles. The topological polar surface area (TPSA) is 91.3 Å². The molecule has 0 bridgehead atoms. The molecule has 2 N–H and O–H groups in total. The number of pyridine rings is 1. The standard InChI is InChI=1S/C12H9BrFN3O3/c1-6-2-11(8(14)4-10(6)17(18)19)20-12-9(15)3-7(13)5-16-12/h2-5H,15H2,1H3. The van der Waals surface area contributed by atoms with Crippen LogP contribution in [-0.4, -0.2) is 9.91 Å². The van der Waals surface area contributed by atoms with Crippen LogP contribution in [-0.2, 0) is 0 Å². The zero-order valence-electron chi connectivity index (χ0n) is 10.3. The SMILES string of the molecule is Cc1cc(Oc2ncc(Br)cc2N)c(F)cc1[N+](=O)[O-]. The molecule has 0 aliphatic rings. The summed E-state index contributed by atoms with van der Waals surface area (Å²) in [6.07, 6.45) is 1.45. The quantitative estimate of drug-likeness (QED) is 0.680. The van der Waals surface area contributed by atoms with Gasteiger partial charge in [-0.1, -0.05) is 0 Å². The van der Waals surface area contributed by atoms with E-state index in [1.54, 1.807) is 6.07 Å². The van der Waals surface area contributed by atoms with Crippen LogP contribution in [0.5, 0.6) is 11.6 Å². The average Bonchev–Trinajstić information content (AvgIpc) is 2.36. The van der Waals surface area contributed by atoms with Crippen LogP contribution >= 0.6 is 15.9 Å². The van der Waals surface area contributed by atoms with Crippen molar-refractivity contribution in [3.05, 3.63) is 50.4 Å². The van der Waals surface area contributed by atoms with Gasteiger partial charge in [-0.05, 0) is 35.0 Å². The lowest BCUT2D eigenvalue weighted by Gasteiger charge is -2.09. The predicted molar refractivity (Wildman–Crippen MR) is 74.2 cm³/mol. The van der Waals surface area contributed by atoms with Crippen molar-refractivity contribution in [1.82, 2.24) is 4.98 Å². The van der Waals surface area contributed by atoms with Gasteiger partial charge in [-0.2, -0.15) is 0 Å². The van der Waals surface area contributed by atoms with E-state index in [0.29, 0.717) is 4.47 Å². The number of aromatic nitrogens is 1. The minimum atomic E-state index is -0.855. The molecule has 0 amide bonds. The van der Waals surface area contributed by atoms with Crippen molar-refractivity contribution in [3.63, 3.8) is 0 Å². The molecule has 0 atom stereocenters. The van der Waals surface area contributed by atoms with Gasteiger partial charge >= 0.3 is 0 Å². The van der Waals surface area contributed by atoms with E-state index in [9.17, 15) is 14.5 Å². The Labute approximate surface area is 121 Å². The summed E-state index contributed by atoms with van der Waals surface area (Å²) in [6.45, 7) is 1.49. The second-order valence-electron chi connectivity index (χ2n) is 3.98. The molecule has 0 saturated carbocycles. The fourth-order valence-corrected chi connectivity index (χ4v) is 1.90. The summed E-state index contributed by atoms with van der Waals surface area (Å²) in [4.78, 5) is 13.9. The number of halogens is 2. The van der Waals surface area contributed by atoms with Gasteiger partial charge in [0, 0.05) is 16.2 Å². The van der Waals surface area contributed by atoms with Gasteiger partial charge in [-0.15, -0.1) is 0 Å². The van der Waals surface area contributed by atoms with E-state index in [1.807, 2.05) is 0 Å². The minimum absolute atomic E-state index is 0.0281. The largest absolute Gasteiger partial charge is 0.434 e. The van der Waals surface area contributed by atoms with Gasteiger partial charge in [0.15, 0.2) is 11.6 Å². The molecule has 0 spiro atoms. The van der Waals surface area contributed by atoms with Gasteiger partial charge < -0.3 is 10.5 Å². The monoisotopic (exact) mass is 341 g/mol. The van der Waals surface area contributed by atoms with E-state index >= 15 is 0 Å². The Kier molecular flexibility index (Phi) is 3.84. The lowest BCUT2D eigenvalue weighted by Crippen LogP contribution is -1.99. The summed E-state index contributed by atoms with van der Waals surface area (Å²) in [5.74, 6) is -0.999. The van der Waals surface area contributed by atoms with Crippen LogP contribution in [0, 0.1) is 22.9 Å². The number of nitro groups is 1. The summed E-state index contributed by atoms with van der Waals surface area (Å²) in [5.41, 5.74) is 5.87. The number of nitrogens with zero attached hydrogens (tertiary/aromatic N) is 2. The molecule has 1 aromatic carbocycles. The molecule has 0 fully saturated rings. The maximum absolute atomic E-state index is 13.8. The summed E-state index contributed by atoms with van der Waals surface area (Å²) in [5, 5.41) is 10.7. The third-order valence-corrected chi connectivity index (χ3v) is 2.93. The highest BCUT2D eigenvalue weighted by Gasteiger charge is 2.17. The molecule has 0 aliphatic carbocycles. The van der Waals surface area contributed by atoms with Crippen LogP contribution in [0.4, 0.5) is 15.8 Å².